The van der Waals surface area contributed by atoms with Crippen LogP contribution in [0.4, 0.5) is 5.82 Å². The summed E-state index contributed by atoms with van der Waals surface area (Å²) in [7, 11) is 0. The summed E-state index contributed by atoms with van der Waals surface area (Å²) in [5.74, 6) is -0.375. The van der Waals surface area contributed by atoms with E-state index in [1.165, 1.54) is 0 Å². The lowest BCUT2D eigenvalue weighted by Crippen LogP contribution is -2.38. The highest BCUT2D eigenvalue weighted by atomic mass is 16.5. The van der Waals surface area contributed by atoms with Gasteiger partial charge in [0, 0.05) is 12.6 Å². The average Bonchev–Trinajstić information content (AvgIpc) is 2.47. The van der Waals surface area contributed by atoms with E-state index >= 15 is 0 Å². The van der Waals surface area contributed by atoms with Gasteiger partial charge in [0.05, 0.1) is 5.56 Å². The number of anilines is 1. The molecule has 0 radical (unpaired) electrons. The number of nitrogens with one attached hydrogen (secondary N) is 1. The maximum atomic E-state index is 12.2. The van der Waals surface area contributed by atoms with Crippen LogP contribution in [0, 0.1) is 6.92 Å². The fourth-order valence-corrected chi connectivity index (χ4v) is 2.29. The van der Waals surface area contributed by atoms with Crippen LogP contribution in [0.3, 0.4) is 0 Å². The summed E-state index contributed by atoms with van der Waals surface area (Å²) in [6.07, 6.45) is 1.17. The smallest absolute Gasteiger partial charge is 0.339 e. The largest absolute Gasteiger partial charge is 0.448 e. The number of carbonyl (C=O) groups excluding carboxylic acids is 2. The molecule has 0 fully saturated rings. The lowest BCUT2D eigenvalue weighted by Gasteiger charge is -2.23. The number of carbonyl (C=O) groups is 2. The first-order chi connectivity index (χ1) is 10.1. The number of aromatic nitrogens is 1. The first-order valence-electron chi connectivity index (χ1n) is 6.66. The minimum absolute atomic E-state index is 0.365. The molecule has 5 nitrogen and oxygen atoms in total. The SMILES string of the molecule is Cc1ccnc(NC(=O)C2Cc3ccccc3C(=O)O2)c1. The Balaban J connectivity index is 1.76. The molecular formula is C16H14N2O3. The molecule has 0 spiro atoms. The second-order valence-electron chi connectivity index (χ2n) is 4.96. The highest BCUT2D eigenvalue weighted by molar-refractivity contribution is 5.99. The monoisotopic (exact) mass is 282 g/mol. The standard InChI is InChI=1S/C16H14N2O3/c1-10-6-7-17-14(8-10)18-15(19)13-9-11-4-2-3-5-12(11)16(20)21-13/h2-8,13H,9H2,1H3,(H,17,18,19). The highest BCUT2D eigenvalue weighted by Crippen LogP contribution is 2.21. The second-order valence-corrected chi connectivity index (χ2v) is 4.96. The van der Waals surface area contributed by atoms with Gasteiger partial charge in [-0.05, 0) is 36.2 Å². The molecule has 1 atom stereocenters. The van der Waals surface area contributed by atoms with Crippen LogP contribution in [0.2, 0.25) is 0 Å². The molecule has 1 aromatic heterocycles. The Morgan fingerprint density at radius 3 is 2.95 bits per heavy atom. The molecule has 5 heteroatoms. The number of esters is 1. The second kappa shape index (κ2) is 5.36. The van der Waals surface area contributed by atoms with Crippen LogP contribution in [-0.4, -0.2) is 23.0 Å². The van der Waals surface area contributed by atoms with Gasteiger partial charge < -0.3 is 10.1 Å². The molecule has 0 saturated heterocycles. The number of rotatable bonds is 2. The number of nitrogens with zero attached hydrogens (tertiary/aromatic N) is 1. The predicted molar refractivity (Wildman–Crippen MR) is 77.0 cm³/mol. The van der Waals surface area contributed by atoms with E-state index in [0.29, 0.717) is 17.8 Å². The van der Waals surface area contributed by atoms with Crippen molar-refractivity contribution >= 4 is 17.7 Å². The van der Waals surface area contributed by atoms with E-state index in [9.17, 15) is 9.59 Å². The minimum atomic E-state index is -0.824. The average molecular weight is 282 g/mol. The molecule has 106 valence electrons. The maximum absolute atomic E-state index is 12.2. The van der Waals surface area contributed by atoms with E-state index < -0.39 is 12.1 Å². The molecule has 3 rings (SSSR count). The molecule has 2 aromatic rings. The lowest BCUT2D eigenvalue weighted by molar-refractivity contribution is -0.125. The van der Waals surface area contributed by atoms with Crippen molar-refractivity contribution in [1.29, 1.82) is 0 Å². The van der Waals surface area contributed by atoms with Crippen LogP contribution < -0.4 is 5.32 Å². The van der Waals surface area contributed by atoms with Gasteiger partial charge in [0.15, 0.2) is 6.10 Å². The Bertz CT molecular complexity index is 712. The number of fused-ring (bicyclic) bond motifs is 1. The van der Waals surface area contributed by atoms with Crippen molar-refractivity contribution < 1.29 is 14.3 Å². The van der Waals surface area contributed by atoms with Crippen molar-refractivity contribution in [2.75, 3.05) is 5.32 Å². The Morgan fingerprint density at radius 1 is 1.33 bits per heavy atom. The number of aryl methyl sites for hydroxylation is 1. The number of benzene rings is 1. The van der Waals surface area contributed by atoms with Gasteiger partial charge in [0.25, 0.3) is 5.91 Å². The Labute approximate surface area is 122 Å². The van der Waals surface area contributed by atoms with Crippen LogP contribution in [0.5, 0.6) is 0 Å². The van der Waals surface area contributed by atoms with E-state index in [2.05, 4.69) is 10.3 Å². The number of cyclic esters (lactones) is 1. The van der Waals surface area contributed by atoms with Gasteiger partial charge in [0.1, 0.15) is 5.82 Å². The molecule has 21 heavy (non-hydrogen) atoms. The van der Waals surface area contributed by atoms with Crippen molar-refractivity contribution in [2.24, 2.45) is 0 Å². The van der Waals surface area contributed by atoms with Crippen molar-refractivity contribution in [1.82, 2.24) is 4.98 Å². The molecule has 1 aliphatic rings. The van der Waals surface area contributed by atoms with Crippen molar-refractivity contribution in [3.05, 3.63) is 59.3 Å². The zero-order chi connectivity index (χ0) is 14.8. The van der Waals surface area contributed by atoms with E-state index in [4.69, 9.17) is 4.74 Å². The van der Waals surface area contributed by atoms with E-state index in [1.807, 2.05) is 25.1 Å². The van der Waals surface area contributed by atoms with E-state index in [0.717, 1.165) is 11.1 Å². The third-order valence-corrected chi connectivity index (χ3v) is 3.35. The van der Waals surface area contributed by atoms with E-state index in [1.54, 1.807) is 24.4 Å². The summed E-state index contributed by atoms with van der Waals surface area (Å²) in [6, 6.07) is 10.8. The molecule has 1 unspecified atom stereocenters. The first-order valence-corrected chi connectivity index (χ1v) is 6.66. The number of hydrogen-bond acceptors (Lipinski definition) is 4. The fraction of sp³-hybridized carbons (Fsp3) is 0.188. The summed E-state index contributed by atoms with van der Waals surface area (Å²) >= 11 is 0. The Kier molecular flexibility index (Phi) is 3.39. The van der Waals surface area contributed by atoms with Crippen LogP contribution >= 0.6 is 0 Å². The molecule has 1 aromatic carbocycles. The van der Waals surface area contributed by atoms with Crippen LogP contribution in [-0.2, 0) is 16.0 Å². The highest BCUT2D eigenvalue weighted by Gasteiger charge is 2.31. The first kappa shape index (κ1) is 13.3. The van der Waals surface area contributed by atoms with Gasteiger partial charge in [0.2, 0.25) is 0 Å². The quantitative estimate of drug-likeness (QED) is 0.857. The van der Waals surface area contributed by atoms with Crippen molar-refractivity contribution in [3.63, 3.8) is 0 Å². The van der Waals surface area contributed by atoms with Crippen molar-refractivity contribution in [3.8, 4) is 0 Å². The number of hydrogen-bond donors (Lipinski definition) is 1. The molecule has 0 bridgehead atoms. The van der Waals surface area contributed by atoms with Gasteiger partial charge in [-0.3, -0.25) is 4.79 Å². The molecule has 0 saturated carbocycles. The third kappa shape index (κ3) is 2.76. The predicted octanol–water partition coefficient (Wildman–Crippen LogP) is 2.11. The summed E-state index contributed by atoms with van der Waals surface area (Å²) in [5.41, 5.74) is 2.34. The lowest BCUT2D eigenvalue weighted by atomic mass is 9.98. The Morgan fingerprint density at radius 2 is 2.14 bits per heavy atom. The fourth-order valence-electron chi connectivity index (χ4n) is 2.29. The van der Waals surface area contributed by atoms with Gasteiger partial charge in [-0.1, -0.05) is 18.2 Å². The number of pyridine rings is 1. The molecule has 2 heterocycles. The Hall–Kier alpha value is -2.69. The summed E-state index contributed by atoms with van der Waals surface area (Å²) < 4.78 is 5.20. The zero-order valence-electron chi connectivity index (χ0n) is 11.5. The third-order valence-electron chi connectivity index (χ3n) is 3.35. The topological polar surface area (TPSA) is 68.3 Å². The van der Waals surface area contributed by atoms with Gasteiger partial charge in [-0.15, -0.1) is 0 Å². The summed E-state index contributed by atoms with van der Waals surface area (Å²) in [5, 5.41) is 2.68. The van der Waals surface area contributed by atoms with Crippen molar-refractivity contribution in [2.45, 2.75) is 19.4 Å². The van der Waals surface area contributed by atoms with Crippen LogP contribution in [0.15, 0.2) is 42.6 Å². The van der Waals surface area contributed by atoms with Gasteiger partial charge in [-0.2, -0.15) is 0 Å². The molecular weight excluding hydrogens is 268 g/mol. The van der Waals surface area contributed by atoms with E-state index in [-0.39, 0.29) is 5.91 Å². The molecule has 1 aliphatic heterocycles. The van der Waals surface area contributed by atoms with Crippen LogP contribution in [0.25, 0.3) is 0 Å². The number of amides is 1. The zero-order valence-corrected chi connectivity index (χ0v) is 11.5. The maximum Gasteiger partial charge on any atom is 0.339 e. The van der Waals surface area contributed by atoms with Gasteiger partial charge in [-0.25, -0.2) is 9.78 Å². The number of ether oxygens (including phenoxy) is 1. The van der Waals surface area contributed by atoms with Gasteiger partial charge >= 0.3 is 5.97 Å². The summed E-state index contributed by atoms with van der Waals surface area (Å²) in [6.45, 7) is 1.91. The molecule has 1 N–H and O–H groups in total. The van der Waals surface area contributed by atoms with Crippen LogP contribution in [0.1, 0.15) is 21.5 Å². The normalized spacial score (nSPS) is 16.8. The molecule has 1 amide bonds. The molecule has 0 aliphatic carbocycles. The summed E-state index contributed by atoms with van der Waals surface area (Å²) in [4.78, 5) is 28.2. The minimum Gasteiger partial charge on any atom is -0.448 e.